The largest absolute Gasteiger partial charge is 0.330 e. The number of hydrogen-bond acceptors (Lipinski definition) is 2. The Hall–Kier alpha value is -0.600. The minimum Gasteiger partial charge on any atom is -0.330 e. The third-order valence-electron chi connectivity index (χ3n) is 1.62. The summed E-state index contributed by atoms with van der Waals surface area (Å²) in [5, 5.41) is 0.767. The van der Waals surface area contributed by atoms with Gasteiger partial charge in [-0.15, -0.1) is 0 Å². The van der Waals surface area contributed by atoms with Gasteiger partial charge in [-0.2, -0.15) is 0 Å². The van der Waals surface area contributed by atoms with Crippen LogP contribution in [-0.2, 0) is 6.42 Å². The van der Waals surface area contributed by atoms with Crippen LogP contribution in [0, 0.1) is 6.92 Å². The van der Waals surface area contributed by atoms with Gasteiger partial charge in [0.1, 0.15) is 0 Å². The van der Waals surface area contributed by atoms with Crippen molar-refractivity contribution in [1.29, 1.82) is 0 Å². The highest BCUT2D eigenvalue weighted by Crippen LogP contribution is 2.16. The van der Waals surface area contributed by atoms with E-state index in [2.05, 4.69) is 4.98 Å². The van der Waals surface area contributed by atoms with E-state index in [4.69, 9.17) is 17.3 Å². The molecule has 0 saturated carbocycles. The maximum Gasteiger partial charge on any atom is 0.0468 e. The normalized spacial score (nSPS) is 10.1. The summed E-state index contributed by atoms with van der Waals surface area (Å²) in [5.74, 6) is 0. The molecule has 1 rings (SSSR count). The Bertz CT molecular complexity index is 248. The van der Waals surface area contributed by atoms with Crippen LogP contribution in [-0.4, -0.2) is 11.5 Å². The highest BCUT2D eigenvalue weighted by molar-refractivity contribution is 6.31. The minimum absolute atomic E-state index is 0.619. The summed E-state index contributed by atoms with van der Waals surface area (Å²) >= 11 is 5.87. The predicted molar refractivity (Wildman–Crippen MR) is 46.7 cm³/mol. The third-order valence-corrected chi connectivity index (χ3v) is 2.03. The molecule has 0 radical (unpaired) electrons. The van der Waals surface area contributed by atoms with Crippen molar-refractivity contribution in [3.63, 3.8) is 0 Å². The number of aromatic nitrogens is 1. The number of nitrogens with two attached hydrogens (primary N) is 1. The smallest absolute Gasteiger partial charge is 0.0468 e. The van der Waals surface area contributed by atoms with E-state index in [1.807, 2.05) is 6.92 Å². The summed E-state index contributed by atoms with van der Waals surface area (Å²) in [6, 6.07) is 1.79. The second kappa shape index (κ2) is 3.69. The number of rotatable bonds is 2. The van der Waals surface area contributed by atoms with Gasteiger partial charge in [0.25, 0.3) is 0 Å². The van der Waals surface area contributed by atoms with Crippen LogP contribution >= 0.6 is 11.6 Å². The lowest BCUT2D eigenvalue weighted by molar-refractivity contribution is 0.910. The van der Waals surface area contributed by atoms with Crippen LogP contribution in [0.4, 0.5) is 0 Å². The van der Waals surface area contributed by atoms with Crippen LogP contribution in [0.15, 0.2) is 12.3 Å². The SMILES string of the molecule is Cc1c(Cl)ccnc1CCN. The molecule has 60 valence electrons. The summed E-state index contributed by atoms with van der Waals surface area (Å²) in [6.07, 6.45) is 2.51. The summed E-state index contributed by atoms with van der Waals surface area (Å²) in [7, 11) is 0. The molecule has 0 aliphatic carbocycles. The van der Waals surface area contributed by atoms with Gasteiger partial charge >= 0.3 is 0 Å². The van der Waals surface area contributed by atoms with E-state index in [0.29, 0.717) is 6.54 Å². The molecule has 0 spiro atoms. The van der Waals surface area contributed by atoms with E-state index in [1.54, 1.807) is 12.3 Å². The molecule has 1 aromatic rings. The first-order chi connectivity index (χ1) is 5.25. The van der Waals surface area contributed by atoms with Crippen molar-refractivity contribution in [2.75, 3.05) is 6.54 Å². The molecule has 0 atom stereocenters. The van der Waals surface area contributed by atoms with Gasteiger partial charge in [-0.1, -0.05) is 11.6 Å². The molecule has 0 fully saturated rings. The molecule has 0 aliphatic heterocycles. The van der Waals surface area contributed by atoms with Gasteiger partial charge < -0.3 is 5.73 Å². The Kier molecular flexibility index (Phi) is 2.85. The monoisotopic (exact) mass is 170 g/mol. The summed E-state index contributed by atoms with van der Waals surface area (Å²) in [5.41, 5.74) is 7.44. The van der Waals surface area contributed by atoms with Crippen LogP contribution < -0.4 is 5.73 Å². The zero-order valence-electron chi connectivity index (χ0n) is 6.47. The van der Waals surface area contributed by atoms with Gasteiger partial charge in [-0.3, -0.25) is 4.98 Å². The van der Waals surface area contributed by atoms with Crippen LogP contribution in [0.5, 0.6) is 0 Å². The minimum atomic E-state index is 0.619. The zero-order valence-corrected chi connectivity index (χ0v) is 7.23. The summed E-state index contributed by atoms with van der Waals surface area (Å²) in [4.78, 5) is 4.16. The molecule has 1 aromatic heterocycles. The second-order valence-electron chi connectivity index (χ2n) is 2.40. The van der Waals surface area contributed by atoms with Gasteiger partial charge in [-0.25, -0.2) is 0 Å². The number of nitrogens with zero attached hydrogens (tertiary/aromatic N) is 1. The molecule has 11 heavy (non-hydrogen) atoms. The molecule has 0 aromatic carbocycles. The Labute approximate surface area is 71.4 Å². The molecule has 3 heteroatoms. The Balaban J connectivity index is 2.96. The average molecular weight is 171 g/mol. The second-order valence-corrected chi connectivity index (χ2v) is 2.81. The molecular weight excluding hydrogens is 160 g/mol. The fraction of sp³-hybridized carbons (Fsp3) is 0.375. The fourth-order valence-corrected chi connectivity index (χ4v) is 1.11. The zero-order chi connectivity index (χ0) is 8.27. The lowest BCUT2D eigenvalue weighted by atomic mass is 10.2. The summed E-state index contributed by atoms with van der Waals surface area (Å²) in [6.45, 7) is 2.58. The number of halogens is 1. The molecule has 2 nitrogen and oxygen atoms in total. The average Bonchev–Trinajstić information content (AvgIpc) is 1.99. The molecule has 0 bridgehead atoms. The standard InChI is InChI=1S/C8H11ClN2/c1-6-7(9)3-5-11-8(6)2-4-10/h3,5H,2,4,10H2,1H3. The highest BCUT2D eigenvalue weighted by Gasteiger charge is 2.01. The molecule has 2 N–H and O–H groups in total. The van der Waals surface area contributed by atoms with Crippen molar-refractivity contribution in [3.05, 3.63) is 28.5 Å². The molecule has 0 unspecified atom stereocenters. The Morgan fingerprint density at radius 3 is 3.00 bits per heavy atom. The van der Waals surface area contributed by atoms with Gasteiger partial charge in [0.15, 0.2) is 0 Å². The van der Waals surface area contributed by atoms with Crippen LogP contribution in [0.2, 0.25) is 5.02 Å². The molecular formula is C8H11ClN2. The lowest BCUT2D eigenvalue weighted by Crippen LogP contribution is -2.05. The molecule has 0 saturated heterocycles. The molecule has 0 amide bonds. The van der Waals surface area contributed by atoms with E-state index in [1.165, 1.54) is 0 Å². The first-order valence-corrected chi connectivity index (χ1v) is 3.93. The van der Waals surface area contributed by atoms with Gasteiger partial charge in [0, 0.05) is 23.3 Å². The number of pyridine rings is 1. The lowest BCUT2D eigenvalue weighted by Gasteiger charge is -2.03. The topological polar surface area (TPSA) is 38.9 Å². The van der Waals surface area contributed by atoms with Crippen molar-refractivity contribution >= 4 is 11.6 Å². The fourth-order valence-electron chi connectivity index (χ4n) is 0.941. The highest BCUT2D eigenvalue weighted by atomic mass is 35.5. The van der Waals surface area contributed by atoms with E-state index in [0.717, 1.165) is 22.7 Å². The number of hydrogen-bond donors (Lipinski definition) is 1. The van der Waals surface area contributed by atoms with Gasteiger partial charge in [-0.05, 0) is 25.1 Å². The Morgan fingerprint density at radius 1 is 1.64 bits per heavy atom. The first kappa shape index (κ1) is 8.50. The van der Waals surface area contributed by atoms with E-state index in [-0.39, 0.29) is 0 Å². The van der Waals surface area contributed by atoms with Crippen LogP contribution in [0.25, 0.3) is 0 Å². The molecule has 0 aliphatic rings. The van der Waals surface area contributed by atoms with Crippen molar-refractivity contribution in [2.24, 2.45) is 5.73 Å². The predicted octanol–water partition coefficient (Wildman–Crippen LogP) is 1.54. The quantitative estimate of drug-likeness (QED) is 0.732. The van der Waals surface area contributed by atoms with E-state index in [9.17, 15) is 0 Å². The van der Waals surface area contributed by atoms with E-state index >= 15 is 0 Å². The van der Waals surface area contributed by atoms with Crippen LogP contribution in [0.1, 0.15) is 11.3 Å². The van der Waals surface area contributed by atoms with Crippen molar-refractivity contribution in [3.8, 4) is 0 Å². The third kappa shape index (κ3) is 1.91. The molecule has 1 heterocycles. The van der Waals surface area contributed by atoms with Crippen molar-refractivity contribution in [2.45, 2.75) is 13.3 Å². The Morgan fingerprint density at radius 2 is 2.36 bits per heavy atom. The van der Waals surface area contributed by atoms with Crippen LogP contribution in [0.3, 0.4) is 0 Å². The van der Waals surface area contributed by atoms with E-state index < -0.39 is 0 Å². The van der Waals surface area contributed by atoms with Crippen molar-refractivity contribution in [1.82, 2.24) is 4.98 Å². The maximum absolute atomic E-state index is 5.87. The summed E-state index contributed by atoms with van der Waals surface area (Å²) < 4.78 is 0. The van der Waals surface area contributed by atoms with Gasteiger partial charge in [0.05, 0.1) is 0 Å². The van der Waals surface area contributed by atoms with Crippen molar-refractivity contribution < 1.29 is 0 Å². The maximum atomic E-state index is 5.87. The van der Waals surface area contributed by atoms with Gasteiger partial charge in [0.2, 0.25) is 0 Å². The first-order valence-electron chi connectivity index (χ1n) is 3.55.